The van der Waals surface area contributed by atoms with Crippen molar-refractivity contribution in [2.24, 2.45) is 0 Å². The van der Waals surface area contributed by atoms with Gasteiger partial charge in [-0.2, -0.15) is 0 Å². The number of aliphatic hydroxyl groups excluding tert-OH is 1. The van der Waals surface area contributed by atoms with Gasteiger partial charge in [0.05, 0.1) is 32.4 Å². The van der Waals surface area contributed by atoms with Gasteiger partial charge in [0.25, 0.3) is 11.7 Å². The van der Waals surface area contributed by atoms with Crippen LogP contribution in [0.5, 0.6) is 17.2 Å². The maximum Gasteiger partial charge on any atom is 0.295 e. The molecule has 1 fully saturated rings. The molecule has 1 saturated heterocycles. The van der Waals surface area contributed by atoms with Crippen LogP contribution in [-0.4, -0.2) is 74.6 Å². The lowest BCUT2D eigenvalue weighted by atomic mass is 9.94. The first kappa shape index (κ1) is 25.1. The predicted molar refractivity (Wildman–Crippen MR) is 129 cm³/mol. The third-order valence-corrected chi connectivity index (χ3v) is 5.69. The maximum atomic E-state index is 13.3. The summed E-state index contributed by atoms with van der Waals surface area (Å²) >= 11 is 0. The third kappa shape index (κ3) is 5.17. The molecule has 1 aliphatic rings. The van der Waals surface area contributed by atoms with E-state index in [2.05, 4.69) is 0 Å². The number of ketones is 1. The smallest absolute Gasteiger partial charge is 0.295 e. The number of nitrogens with zero attached hydrogens (tertiary/aromatic N) is 2. The van der Waals surface area contributed by atoms with Gasteiger partial charge in [0, 0.05) is 17.7 Å². The molecule has 1 unspecified atom stereocenters. The van der Waals surface area contributed by atoms with Crippen LogP contribution in [0.4, 0.5) is 0 Å². The fourth-order valence-electron chi connectivity index (χ4n) is 4.10. The molecule has 3 rings (SSSR count). The molecule has 34 heavy (non-hydrogen) atoms. The summed E-state index contributed by atoms with van der Waals surface area (Å²) in [6.45, 7) is 3.40. The van der Waals surface area contributed by atoms with Crippen LogP contribution < -0.4 is 14.2 Å². The van der Waals surface area contributed by atoms with Gasteiger partial charge in [0.15, 0.2) is 0 Å². The van der Waals surface area contributed by atoms with Crippen LogP contribution in [-0.2, 0) is 9.59 Å². The van der Waals surface area contributed by atoms with Crippen molar-refractivity contribution >= 4 is 17.4 Å². The van der Waals surface area contributed by atoms with Gasteiger partial charge < -0.3 is 29.1 Å². The van der Waals surface area contributed by atoms with Crippen LogP contribution in [0.15, 0.2) is 48.0 Å². The molecule has 8 nitrogen and oxygen atoms in total. The van der Waals surface area contributed by atoms with E-state index in [0.717, 1.165) is 6.54 Å². The first-order valence-electron chi connectivity index (χ1n) is 11.2. The zero-order valence-electron chi connectivity index (χ0n) is 20.3. The summed E-state index contributed by atoms with van der Waals surface area (Å²) in [5.41, 5.74) is 0.965. The van der Waals surface area contributed by atoms with Crippen molar-refractivity contribution in [2.75, 3.05) is 48.0 Å². The number of hydrogen-bond donors (Lipinski definition) is 1. The van der Waals surface area contributed by atoms with Gasteiger partial charge in [0.2, 0.25) is 0 Å². The first-order chi connectivity index (χ1) is 16.3. The number of methoxy groups -OCH3 is 2. The van der Waals surface area contributed by atoms with Crippen molar-refractivity contribution in [1.29, 1.82) is 0 Å². The van der Waals surface area contributed by atoms with Crippen molar-refractivity contribution in [3.63, 3.8) is 0 Å². The minimum absolute atomic E-state index is 0.00931. The van der Waals surface area contributed by atoms with Crippen LogP contribution in [0.25, 0.3) is 5.76 Å². The lowest BCUT2D eigenvalue weighted by Gasteiger charge is -2.27. The Morgan fingerprint density at radius 1 is 1.06 bits per heavy atom. The SMILES string of the molecule is CCOc1cccc(/C(O)=C2\C(=O)C(=O)N(CCCN(C)C)C2c2cc(OC)ccc2OC)c1. The van der Waals surface area contributed by atoms with Crippen LogP contribution in [0.3, 0.4) is 0 Å². The molecule has 0 aromatic heterocycles. The molecule has 1 amide bonds. The summed E-state index contributed by atoms with van der Waals surface area (Å²) in [7, 11) is 6.96. The van der Waals surface area contributed by atoms with Crippen molar-refractivity contribution < 1.29 is 28.9 Å². The summed E-state index contributed by atoms with van der Waals surface area (Å²) < 4.78 is 16.5. The van der Waals surface area contributed by atoms with Gasteiger partial charge >= 0.3 is 0 Å². The molecule has 2 aromatic carbocycles. The molecular weight excluding hydrogens is 436 g/mol. The van der Waals surface area contributed by atoms with Crippen molar-refractivity contribution in [3.05, 3.63) is 59.2 Å². The van der Waals surface area contributed by atoms with Gasteiger partial charge in [-0.15, -0.1) is 0 Å². The molecule has 182 valence electrons. The largest absolute Gasteiger partial charge is 0.507 e. The summed E-state index contributed by atoms with van der Waals surface area (Å²) in [6, 6.07) is 11.2. The second-order valence-electron chi connectivity index (χ2n) is 8.22. The van der Waals surface area contributed by atoms with E-state index in [1.54, 1.807) is 49.6 Å². The van der Waals surface area contributed by atoms with Crippen LogP contribution in [0.2, 0.25) is 0 Å². The minimum Gasteiger partial charge on any atom is -0.507 e. The molecule has 1 heterocycles. The number of benzene rings is 2. The van der Waals surface area contributed by atoms with Crippen molar-refractivity contribution in [2.45, 2.75) is 19.4 Å². The Labute approximate surface area is 200 Å². The van der Waals surface area contributed by atoms with Gasteiger partial charge in [0.1, 0.15) is 23.0 Å². The average Bonchev–Trinajstić information content (AvgIpc) is 3.08. The Morgan fingerprint density at radius 2 is 1.82 bits per heavy atom. The molecule has 1 atom stereocenters. The van der Waals surface area contributed by atoms with Crippen LogP contribution in [0, 0.1) is 0 Å². The Morgan fingerprint density at radius 3 is 2.47 bits per heavy atom. The average molecular weight is 469 g/mol. The second kappa shape index (κ2) is 11.1. The molecule has 2 aromatic rings. The van der Waals surface area contributed by atoms with E-state index >= 15 is 0 Å². The number of aliphatic hydroxyl groups is 1. The summed E-state index contributed by atoms with van der Waals surface area (Å²) in [6.07, 6.45) is 0.655. The van der Waals surface area contributed by atoms with E-state index in [9.17, 15) is 14.7 Å². The normalized spacial score (nSPS) is 17.4. The highest BCUT2D eigenvalue weighted by Gasteiger charge is 2.47. The van der Waals surface area contributed by atoms with Crippen LogP contribution in [0.1, 0.15) is 30.5 Å². The molecule has 1 N–H and O–H groups in total. The monoisotopic (exact) mass is 468 g/mol. The van der Waals surface area contributed by atoms with E-state index in [4.69, 9.17) is 14.2 Å². The standard InChI is InChI=1S/C26H32N2O6/c1-6-34-19-10-7-9-17(15-19)24(29)22-23(20-16-18(32-4)11-12-21(20)33-5)28(26(31)25(22)30)14-8-13-27(2)3/h7,9-12,15-16,23,29H,6,8,13-14H2,1-5H3/b24-22+. The molecule has 0 aliphatic carbocycles. The minimum atomic E-state index is -0.831. The maximum absolute atomic E-state index is 13.3. The van der Waals surface area contributed by atoms with E-state index in [-0.39, 0.29) is 11.3 Å². The van der Waals surface area contributed by atoms with E-state index < -0.39 is 17.7 Å². The molecule has 1 aliphatic heterocycles. The van der Waals surface area contributed by atoms with Gasteiger partial charge in [-0.05, 0) is 64.3 Å². The number of ether oxygens (including phenoxy) is 3. The topological polar surface area (TPSA) is 88.5 Å². The van der Waals surface area contributed by atoms with Crippen LogP contribution >= 0.6 is 0 Å². The van der Waals surface area contributed by atoms with E-state index in [0.29, 0.717) is 47.9 Å². The Hall–Kier alpha value is -3.52. The molecule has 0 spiro atoms. The zero-order valence-corrected chi connectivity index (χ0v) is 20.3. The van der Waals surface area contributed by atoms with Crippen molar-refractivity contribution in [3.8, 4) is 17.2 Å². The first-order valence-corrected chi connectivity index (χ1v) is 11.2. The summed E-state index contributed by atoms with van der Waals surface area (Å²) in [4.78, 5) is 29.9. The van der Waals surface area contributed by atoms with E-state index in [1.165, 1.54) is 12.0 Å². The highest BCUT2D eigenvalue weighted by atomic mass is 16.5. The number of carbonyl (C=O) groups is 2. The molecular formula is C26H32N2O6. The highest BCUT2D eigenvalue weighted by molar-refractivity contribution is 6.46. The van der Waals surface area contributed by atoms with Gasteiger partial charge in [-0.1, -0.05) is 12.1 Å². The van der Waals surface area contributed by atoms with Gasteiger partial charge in [-0.25, -0.2) is 0 Å². The molecule has 8 heteroatoms. The number of carbonyl (C=O) groups excluding carboxylic acids is 2. The lowest BCUT2D eigenvalue weighted by Crippen LogP contribution is -2.32. The Bertz CT molecular complexity index is 1080. The number of amides is 1. The second-order valence-corrected chi connectivity index (χ2v) is 8.22. The molecule has 0 radical (unpaired) electrons. The number of Topliss-reactive ketones (excluding diaryl/α,β-unsaturated/α-hetero) is 1. The quantitative estimate of drug-likeness (QED) is 0.324. The fourth-order valence-corrected chi connectivity index (χ4v) is 4.10. The van der Waals surface area contributed by atoms with E-state index in [1.807, 2.05) is 25.9 Å². The third-order valence-electron chi connectivity index (χ3n) is 5.69. The number of hydrogen-bond acceptors (Lipinski definition) is 7. The Balaban J connectivity index is 2.19. The predicted octanol–water partition coefficient (Wildman–Crippen LogP) is 3.48. The van der Waals surface area contributed by atoms with Crippen molar-refractivity contribution in [1.82, 2.24) is 9.80 Å². The summed E-state index contributed by atoms with van der Waals surface area (Å²) in [5, 5.41) is 11.3. The Kier molecular flexibility index (Phi) is 8.17. The molecule has 0 saturated carbocycles. The lowest BCUT2D eigenvalue weighted by molar-refractivity contribution is -0.140. The zero-order chi connectivity index (χ0) is 24.8. The highest BCUT2D eigenvalue weighted by Crippen LogP contribution is 2.44. The fraction of sp³-hybridized carbons (Fsp3) is 0.385. The molecule has 0 bridgehead atoms. The number of likely N-dealkylation sites (tertiary alicyclic amines) is 1. The number of rotatable bonds is 10. The summed E-state index contributed by atoms with van der Waals surface area (Å²) in [5.74, 6) is -0.0605. The van der Waals surface area contributed by atoms with Gasteiger partial charge in [-0.3, -0.25) is 9.59 Å².